The maximum absolute atomic E-state index is 12.0. The molecular formula is C18H26N2O4. The molecule has 1 fully saturated rings. The highest BCUT2D eigenvalue weighted by Crippen LogP contribution is 2.30. The summed E-state index contributed by atoms with van der Waals surface area (Å²) in [6.45, 7) is 7.89. The molecule has 0 aliphatic carbocycles. The summed E-state index contributed by atoms with van der Waals surface area (Å²) in [4.78, 5) is 24.5. The number of carbonyl (C=O) groups is 2. The number of carboxylic acid groups (broad SMARTS) is 1. The Morgan fingerprint density at radius 2 is 2.04 bits per heavy atom. The molecule has 6 heteroatoms. The summed E-state index contributed by atoms with van der Waals surface area (Å²) < 4.78 is 5.81. The summed E-state index contributed by atoms with van der Waals surface area (Å²) in [6.07, 6.45) is 0.512. The topological polar surface area (TPSA) is 78.9 Å². The van der Waals surface area contributed by atoms with Crippen LogP contribution in [0.5, 0.6) is 5.75 Å². The maximum atomic E-state index is 12.0. The van der Waals surface area contributed by atoms with Gasteiger partial charge in [-0.25, -0.2) is 4.79 Å². The highest BCUT2D eigenvalue weighted by molar-refractivity contribution is 5.77. The number of carboxylic acids is 1. The normalized spacial score (nSPS) is 17.6. The van der Waals surface area contributed by atoms with Crippen molar-refractivity contribution in [2.24, 2.45) is 5.92 Å². The average Bonchev–Trinajstić information content (AvgIpc) is 3.01. The molecule has 2 N–H and O–H groups in total. The Hall–Kier alpha value is -2.24. The molecule has 1 aliphatic rings. The van der Waals surface area contributed by atoms with Crippen molar-refractivity contribution in [3.05, 3.63) is 29.8 Å². The monoisotopic (exact) mass is 334 g/mol. The molecule has 1 heterocycles. The van der Waals surface area contributed by atoms with Gasteiger partial charge in [-0.2, -0.15) is 0 Å². The lowest BCUT2D eigenvalue weighted by atomic mass is 9.86. The first-order chi connectivity index (χ1) is 11.3. The first-order valence-electron chi connectivity index (χ1n) is 8.27. The van der Waals surface area contributed by atoms with Gasteiger partial charge in [0.1, 0.15) is 12.4 Å². The second-order valence-corrected chi connectivity index (χ2v) is 7.10. The van der Waals surface area contributed by atoms with Crippen molar-refractivity contribution >= 4 is 12.0 Å². The Morgan fingerprint density at radius 1 is 1.33 bits per heavy atom. The van der Waals surface area contributed by atoms with Gasteiger partial charge in [0.05, 0.1) is 12.5 Å². The van der Waals surface area contributed by atoms with Gasteiger partial charge >= 0.3 is 12.0 Å². The summed E-state index contributed by atoms with van der Waals surface area (Å²) >= 11 is 0. The molecule has 0 spiro atoms. The average molecular weight is 334 g/mol. The van der Waals surface area contributed by atoms with Crippen LogP contribution in [0.25, 0.3) is 0 Å². The summed E-state index contributed by atoms with van der Waals surface area (Å²) in [7, 11) is 0. The lowest BCUT2D eigenvalue weighted by molar-refractivity contribution is -0.141. The zero-order valence-electron chi connectivity index (χ0n) is 14.5. The number of amides is 2. The SMILES string of the molecule is CC(C)(C)c1ccccc1OCCNC(=O)N1CCC(C(=O)O)C1. The van der Waals surface area contributed by atoms with Gasteiger partial charge in [0.15, 0.2) is 0 Å². The van der Waals surface area contributed by atoms with E-state index in [0.29, 0.717) is 26.1 Å². The van der Waals surface area contributed by atoms with E-state index in [4.69, 9.17) is 9.84 Å². The van der Waals surface area contributed by atoms with Gasteiger partial charge in [-0.05, 0) is 23.5 Å². The van der Waals surface area contributed by atoms with Crippen molar-refractivity contribution in [1.29, 1.82) is 0 Å². The molecule has 1 aliphatic heterocycles. The fourth-order valence-electron chi connectivity index (χ4n) is 2.79. The smallest absolute Gasteiger partial charge is 0.317 e. The van der Waals surface area contributed by atoms with Gasteiger partial charge in [-0.1, -0.05) is 39.0 Å². The fraction of sp³-hybridized carbons (Fsp3) is 0.556. The lowest BCUT2D eigenvalue weighted by Crippen LogP contribution is -2.40. The standard InChI is InChI=1S/C18H26N2O4/c1-18(2,3)14-6-4-5-7-15(14)24-11-9-19-17(23)20-10-8-13(12-20)16(21)22/h4-7,13H,8-12H2,1-3H3,(H,19,23)(H,21,22). The van der Waals surface area contributed by atoms with Gasteiger partial charge in [-0.15, -0.1) is 0 Å². The van der Waals surface area contributed by atoms with E-state index in [1.54, 1.807) is 4.90 Å². The molecular weight excluding hydrogens is 308 g/mol. The van der Waals surface area contributed by atoms with Crippen LogP contribution in [0, 0.1) is 5.92 Å². The van der Waals surface area contributed by atoms with Crippen LogP contribution in [-0.4, -0.2) is 48.2 Å². The van der Waals surface area contributed by atoms with Crippen LogP contribution in [0.1, 0.15) is 32.8 Å². The molecule has 2 rings (SSSR count). The minimum atomic E-state index is -0.840. The largest absolute Gasteiger partial charge is 0.491 e. The molecule has 0 saturated carbocycles. The summed E-state index contributed by atoms with van der Waals surface area (Å²) in [6, 6.07) is 7.66. The van der Waals surface area contributed by atoms with E-state index < -0.39 is 11.9 Å². The first kappa shape index (κ1) is 18.1. The molecule has 1 unspecified atom stereocenters. The zero-order chi connectivity index (χ0) is 17.7. The number of hydrogen-bond donors (Lipinski definition) is 2. The predicted molar refractivity (Wildman–Crippen MR) is 91.4 cm³/mol. The van der Waals surface area contributed by atoms with Crippen molar-refractivity contribution < 1.29 is 19.4 Å². The third kappa shape index (κ3) is 4.63. The van der Waals surface area contributed by atoms with Crippen LogP contribution < -0.4 is 10.1 Å². The Labute approximate surface area is 142 Å². The van der Waals surface area contributed by atoms with Gasteiger partial charge in [0, 0.05) is 13.1 Å². The van der Waals surface area contributed by atoms with E-state index in [-0.39, 0.29) is 18.0 Å². The molecule has 6 nitrogen and oxygen atoms in total. The van der Waals surface area contributed by atoms with Gasteiger partial charge in [-0.3, -0.25) is 4.79 Å². The number of hydrogen-bond acceptors (Lipinski definition) is 3. The maximum Gasteiger partial charge on any atom is 0.317 e. The van der Waals surface area contributed by atoms with Crippen LogP contribution in [0.3, 0.4) is 0 Å². The highest BCUT2D eigenvalue weighted by atomic mass is 16.5. The van der Waals surface area contributed by atoms with Gasteiger partial charge in [0.25, 0.3) is 0 Å². The number of urea groups is 1. The molecule has 2 amide bonds. The number of likely N-dealkylation sites (tertiary alicyclic amines) is 1. The number of aliphatic carboxylic acids is 1. The third-order valence-electron chi connectivity index (χ3n) is 4.16. The van der Waals surface area contributed by atoms with E-state index in [0.717, 1.165) is 11.3 Å². The van der Waals surface area contributed by atoms with E-state index >= 15 is 0 Å². The molecule has 0 aromatic heterocycles. The summed E-state index contributed by atoms with van der Waals surface area (Å²) in [5.74, 6) is -0.468. The molecule has 1 saturated heterocycles. The molecule has 24 heavy (non-hydrogen) atoms. The van der Waals surface area contributed by atoms with Crippen LogP contribution in [-0.2, 0) is 10.2 Å². The fourth-order valence-corrected chi connectivity index (χ4v) is 2.79. The summed E-state index contributed by atoms with van der Waals surface area (Å²) in [5.41, 5.74) is 1.11. The highest BCUT2D eigenvalue weighted by Gasteiger charge is 2.30. The number of nitrogens with zero attached hydrogens (tertiary/aromatic N) is 1. The van der Waals surface area contributed by atoms with E-state index in [2.05, 4.69) is 26.1 Å². The van der Waals surface area contributed by atoms with E-state index in [1.165, 1.54) is 0 Å². The molecule has 1 atom stereocenters. The van der Waals surface area contributed by atoms with Crippen molar-refractivity contribution in [3.8, 4) is 5.75 Å². The molecule has 1 aromatic carbocycles. The minimum absolute atomic E-state index is 0.0127. The van der Waals surface area contributed by atoms with Crippen molar-refractivity contribution in [2.45, 2.75) is 32.6 Å². The zero-order valence-corrected chi connectivity index (χ0v) is 14.5. The first-order valence-corrected chi connectivity index (χ1v) is 8.27. The lowest BCUT2D eigenvalue weighted by Gasteiger charge is -2.23. The molecule has 1 aromatic rings. The number of ether oxygens (including phenoxy) is 1. The van der Waals surface area contributed by atoms with Crippen LogP contribution in [0.2, 0.25) is 0 Å². The van der Waals surface area contributed by atoms with Gasteiger partial charge < -0.3 is 20.1 Å². The van der Waals surface area contributed by atoms with Crippen molar-refractivity contribution in [1.82, 2.24) is 10.2 Å². The third-order valence-corrected chi connectivity index (χ3v) is 4.16. The Kier molecular flexibility index (Phi) is 5.70. The van der Waals surface area contributed by atoms with E-state index in [1.807, 2.05) is 24.3 Å². The summed E-state index contributed by atoms with van der Waals surface area (Å²) in [5, 5.41) is 11.7. The Morgan fingerprint density at radius 3 is 2.67 bits per heavy atom. The number of nitrogens with one attached hydrogen (secondary N) is 1. The van der Waals surface area contributed by atoms with Crippen LogP contribution in [0.15, 0.2) is 24.3 Å². The quantitative estimate of drug-likeness (QED) is 0.811. The number of rotatable bonds is 5. The second-order valence-electron chi connectivity index (χ2n) is 7.10. The predicted octanol–water partition coefficient (Wildman–Crippen LogP) is 2.48. The number of para-hydroxylation sites is 1. The Balaban J connectivity index is 1.78. The van der Waals surface area contributed by atoms with Crippen LogP contribution in [0.4, 0.5) is 4.79 Å². The Bertz CT molecular complexity index is 595. The number of carbonyl (C=O) groups excluding carboxylic acids is 1. The van der Waals surface area contributed by atoms with Crippen molar-refractivity contribution in [3.63, 3.8) is 0 Å². The number of benzene rings is 1. The van der Waals surface area contributed by atoms with Gasteiger partial charge in [0.2, 0.25) is 0 Å². The molecule has 0 bridgehead atoms. The second kappa shape index (κ2) is 7.55. The van der Waals surface area contributed by atoms with Crippen LogP contribution >= 0.6 is 0 Å². The minimum Gasteiger partial charge on any atom is -0.491 e. The van der Waals surface area contributed by atoms with E-state index in [9.17, 15) is 9.59 Å². The molecule has 0 radical (unpaired) electrons. The van der Waals surface area contributed by atoms with Crippen molar-refractivity contribution in [2.75, 3.05) is 26.2 Å². The molecule has 132 valence electrons.